The first-order valence-electron chi connectivity index (χ1n) is 7.12. The summed E-state index contributed by atoms with van der Waals surface area (Å²) < 4.78 is 0. The van der Waals surface area contributed by atoms with Gasteiger partial charge in [-0.15, -0.1) is 11.8 Å². The highest BCUT2D eigenvalue weighted by Crippen LogP contribution is 2.22. The molecule has 0 saturated carbocycles. The van der Waals surface area contributed by atoms with Crippen molar-refractivity contribution in [1.82, 2.24) is 4.98 Å². The van der Waals surface area contributed by atoms with Gasteiger partial charge in [-0.25, -0.2) is 0 Å². The van der Waals surface area contributed by atoms with Crippen molar-refractivity contribution < 1.29 is 4.79 Å². The summed E-state index contributed by atoms with van der Waals surface area (Å²) >= 11 is 1.68. The largest absolute Gasteiger partial charge is 0.351 e. The van der Waals surface area contributed by atoms with Crippen molar-refractivity contribution in [2.24, 2.45) is 0 Å². The number of hydrogen-bond acceptors (Lipinski definition) is 2. The van der Waals surface area contributed by atoms with Gasteiger partial charge in [-0.05, 0) is 67.6 Å². The fourth-order valence-electron chi connectivity index (χ4n) is 2.59. The fraction of sp³-hybridized carbons (Fsp3) is 0.167. The zero-order valence-electron chi connectivity index (χ0n) is 12.9. The average molecular weight is 310 g/mol. The lowest BCUT2D eigenvalue weighted by atomic mass is 10.1. The fourth-order valence-corrected chi connectivity index (χ4v) is 3.00. The third-order valence-corrected chi connectivity index (χ3v) is 4.43. The highest BCUT2D eigenvalue weighted by atomic mass is 32.2. The summed E-state index contributed by atoms with van der Waals surface area (Å²) in [4.78, 5) is 16.8. The second-order valence-corrected chi connectivity index (χ2v) is 6.29. The number of benzene rings is 2. The smallest absolute Gasteiger partial charge is 0.272 e. The lowest BCUT2D eigenvalue weighted by Gasteiger charge is -2.04. The summed E-state index contributed by atoms with van der Waals surface area (Å²) in [7, 11) is 0. The third kappa shape index (κ3) is 2.88. The lowest BCUT2D eigenvalue weighted by Crippen LogP contribution is -2.11. The summed E-state index contributed by atoms with van der Waals surface area (Å²) in [6, 6.07) is 13.9. The van der Waals surface area contributed by atoms with Gasteiger partial charge in [0, 0.05) is 21.5 Å². The number of nitrogens with one attached hydrogen (secondary N) is 2. The number of aromatic nitrogens is 1. The van der Waals surface area contributed by atoms with Crippen LogP contribution in [0.5, 0.6) is 0 Å². The number of hydrogen-bond donors (Lipinski definition) is 2. The first-order chi connectivity index (χ1) is 10.6. The third-order valence-electron chi connectivity index (χ3n) is 3.68. The molecule has 2 aromatic carbocycles. The van der Waals surface area contributed by atoms with Gasteiger partial charge in [0.1, 0.15) is 5.69 Å². The van der Waals surface area contributed by atoms with Gasteiger partial charge in [-0.1, -0.05) is 6.07 Å². The molecule has 2 N–H and O–H groups in total. The molecule has 0 fully saturated rings. The SMILES string of the molecule is CSc1ccc(NC(=O)c2cc3c(C)cc(C)cc3[nH]2)cc1. The van der Waals surface area contributed by atoms with Crippen molar-refractivity contribution in [3.8, 4) is 0 Å². The van der Waals surface area contributed by atoms with Gasteiger partial charge in [-0.3, -0.25) is 4.79 Å². The quantitative estimate of drug-likeness (QED) is 0.685. The van der Waals surface area contributed by atoms with Crippen LogP contribution in [-0.2, 0) is 0 Å². The van der Waals surface area contributed by atoms with E-state index in [1.165, 1.54) is 16.0 Å². The molecule has 0 bridgehead atoms. The van der Waals surface area contributed by atoms with E-state index in [-0.39, 0.29) is 5.91 Å². The van der Waals surface area contributed by atoms with E-state index in [1.54, 1.807) is 11.8 Å². The molecule has 0 saturated heterocycles. The molecule has 3 nitrogen and oxygen atoms in total. The summed E-state index contributed by atoms with van der Waals surface area (Å²) in [5.41, 5.74) is 4.74. The van der Waals surface area contributed by atoms with Crippen LogP contribution in [0.4, 0.5) is 5.69 Å². The number of aromatic amines is 1. The molecule has 112 valence electrons. The van der Waals surface area contributed by atoms with Crippen molar-refractivity contribution in [1.29, 1.82) is 0 Å². The van der Waals surface area contributed by atoms with Crippen LogP contribution in [0.3, 0.4) is 0 Å². The van der Waals surface area contributed by atoms with E-state index in [9.17, 15) is 4.79 Å². The van der Waals surface area contributed by atoms with Gasteiger partial charge in [-0.2, -0.15) is 0 Å². The lowest BCUT2D eigenvalue weighted by molar-refractivity contribution is 0.102. The zero-order valence-corrected chi connectivity index (χ0v) is 13.7. The van der Waals surface area contributed by atoms with Crippen LogP contribution in [0, 0.1) is 13.8 Å². The van der Waals surface area contributed by atoms with Crippen molar-refractivity contribution in [2.75, 3.05) is 11.6 Å². The predicted molar refractivity (Wildman–Crippen MR) is 93.9 cm³/mol. The molecular weight excluding hydrogens is 292 g/mol. The molecule has 0 radical (unpaired) electrons. The number of carbonyl (C=O) groups excluding carboxylic acids is 1. The molecular formula is C18H18N2OS. The van der Waals surface area contributed by atoms with Gasteiger partial charge < -0.3 is 10.3 Å². The van der Waals surface area contributed by atoms with Gasteiger partial charge in [0.15, 0.2) is 0 Å². The monoisotopic (exact) mass is 310 g/mol. The Labute approximate surface area is 134 Å². The van der Waals surface area contributed by atoms with E-state index in [4.69, 9.17) is 0 Å². The number of amides is 1. The molecule has 4 heteroatoms. The Morgan fingerprint density at radius 2 is 1.82 bits per heavy atom. The number of H-pyrrole nitrogens is 1. The van der Waals surface area contributed by atoms with Crippen molar-refractivity contribution in [2.45, 2.75) is 18.7 Å². The number of anilines is 1. The van der Waals surface area contributed by atoms with E-state index in [2.05, 4.69) is 36.3 Å². The summed E-state index contributed by atoms with van der Waals surface area (Å²) in [5.74, 6) is -0.120. The highest BCUT2D eigenvalue weighted by molar-refractivity contribution is 7.98. The van der Waals surface area contributed by atoms with Crippen molar-refractivity contribution >= 4 is 34.3 Å². The minimum absolute atomic E-state index is 0.120. The van der Waals surface area contributed by atoms with Crippen LogP contribution < -0.4 is 5.32 Å². The van der Waals surface area contributed by atoms with Crippen LogP contribution in [0.25, 0.3) is 10.9 Å². The van der Waals surface area contributed by atoms with Gasteiger partial charge >= 0.3 is 0 Å². The van der Waals surface area contributed by atoms with E-state index in [0.29, 0.717) is 5.69 Å². The Hall–Kier alpha value is -2.20. The number of rotatable bonds is 3. The maximum absolute atomic E-state index is 12.4. The second kappa shape index (κ2) is 5.89. The molecule has 1 amide bonds. The summed E-state index contributed by atoms with van der Waals surface area (Å²) in [6.45, 7) is 4.12. The Balaban J connectivity index is 1.86. The second-order valence-electron chi connectivity index (χ2n) is 5.41. The Kier molecular flexibility index (Phi) is 3.94. The highest BCUT2D eigenvalue weighted by Gasteiger charge is 2.11. The van der Waals surface area contributed by atoms with Crippen LogP contribution in [-0.4, -0.2) is 17.1 Å². The summed E-state index contributed by atoms with van der Waals surface area (Å²) in [6.07, 6.45) is 2.03. The van der Waals surface area contributed by atoms with E-state index >= 15 is 0 Å². The average Bonchev–Trinajstić information content (AvgIpc) is 2.92. The topological polar surface area (TPSA) is 44.9 Å². The first kappa shape index (κ1) is 14.7. The van der Waals surface area contributed by atoms with Gasteiger partial charge in [0.05, 0.1) is 0 Å². The molecule has 0 atom stereocenters. The number of thioether (sulfide) groups is 1. The Bertz CT molecular complexity index is 834. The molecule has 0 spiro atoms. The van der Waals surface area contributed by atoms with E-state index in [1.807, 2.05) is 36.6 Å². The molecule has 0 aliphatic heterocycles. The van der Waals surface area contributed by atoms with Crippen LogP contribution >= 0.6 is 11.8 Å². The molecule has 1 aromatic heterocycles. The Morgan fingerprint density at radius 1 is 1.09 bits per heavy atom. The summed E-state index contributed by atoms with van der Waals surface area (Å²) in [5, 5.41) is 4.02. The maximum Gasteiger partial charge on any atom is 0.272 e. The molecule has 3 rings (SSSR count). The van der Waals surface area contributed by atoms with E-state index in [0.717, 1.165) is 16.6 Å². The van der Waals surface area contributed by atoms with Crippen molar-refractivity contribution in [3.05, 3.63) is 59.3 Å². The normalized spacial score (nSPS) is 10.9. The van der Waals surface area contributed by atoms with Crippen LogP contribution in [0.15, 0.2) is 47.4 Å². The van der Waals surface area contributed by atoms with Crippen LogP contribution in [0.1, 0.15) is 21.6 Å². The number of carbonyl (C=O) groups is 1. The van der Waals surface area contributed by atoms with Gasteiger partial charge in [0.25, 0.3) is 5.91 Å². The molecule has 3 aromatic rings. The van der Waals surface area contributed by atoms with Gasteiger partial charge in [0.2, 0.25) is 0 Å². The molecule has 0 aliphatic rings. The van der Waals surface area contributed by atoms with E-state index < -0.39 is 0 Å². The standard InChI is InChI=1S/C18H18N2OS/c1-11-8-12(2)15-10-17(20-16(15)9-11)18(21)19-13-4-6-14(22-3)7-5-13/h4-10,20H,1-3H3,(H,19,21). The zero-order chi connectivity index (χ0) is 15.7. The first-order valence-corrected chi connectivity index (χ1v) is 8.34. The minimum atomic E-state index is -0.120. The predicted octanol–water partition coefficient (Wildman–Crippen LogP) is 4.76. The molecule has 22 heavy (non-hydrogen) atoms. The van der Waals surface area contributed by atoms with Crippen molar-refractivity contribution in [3.63, 3.8) is 0 Å². The molecule has 0 unspecified atom stereocenters. The molecule has 0 aliphatic carbocycles. The number of fused-ring (bicyclic) bond motifs is 1. The minimum Gasteiger partial charge on any atom is -0.351 e. The van der Waals surface area contributed by atoms with Crippen LogP contribution in [0.2, 0.25) is 0 Å². The number of aryl methyl sites for hydroxylation is 2. The maximum atomic E-state index is 12.4. The molecule has 1 heterocycles. The Morgan fingerprint density at radius 3 is 2.50 bits per heavy atom.